The molecule has 0 unspecified atom stereocenters. The Bertz CT molecular complexity index is 965. The number of ether oxygens (including phenoxy) is 3. The summed E-state index contributed by atoms with van der Waals surface area (Å²) in [7, 11) is 0. The van der Waals surface area contributed by atoms with Crippen molar-refractivity contribution in [3.63, 3.8) is 0 Å². The van der Waals surface area contributed by atoms with E-state index in [0.717, 1.165) is 73.6 Å². The molecule has 8 heteroatoms. The van der Waals surface area contributed by atoms with Crippen LogP contribution in [0.25, 0.3) is 0 Å². The van der Waals surface area contributed by atoms with Crippen molar-refractivity contribution in [1.82, 2.24) is 14.9 Å². The third-order valence-corrected chi connectivity index (χ3v) is 7.38. The van der Waals surface area contributed by atoms with Gasteiger partial charge in [-0.1, -0.05) is 0 Å². The van der Waals surface area contributed by atoms with Gasteiger partial charge in [-0.05, 0) is 90.1 Å². The van der Waals surface area contributed by atoms with Crippen molar-refractivity contribution in [2.75, 3.05) is 69.4 Å². The molecule has 2 aliphatic rings. The van der Waals surface area contributed by atoms with Crippen LogP contribution in [0.1, 0.15) is 58.5 Å². The van der Waals surface area contributed by atoms with E-state index in [9.17, 15) is 0 Å². The molecule has 0 atom stereocenters. The van der Waals surface area contributed by atoms with Crippen molar-refractivity contribution < 1.29 is 15.6 Å². The summed E-state index contributed by atoms with van der Waals surface area (Å²) in [6.45, 7) is 15.1. The smallest absolute Gasteiger partial charge is 0.229 e. The minimum absolute atomic E-state index is 0. The zero-order valence-electron chi connectivity index (χ0n) is 23.0. The first kappa shape index (κ1) is 27.6. The summed E-state index contributed by atoms with van der Waals surface area (Å²) in [5.41, 5.74) is 3.08. The summed E-state index contributed by atoms with van der Waals surface area (Å²) in [5.74, 6) is 3.26. The number of anilines is 3. The first-order chi connectivity index (χ1) is 18.2. The number of rotatable bonds is 14. The van der Waals surface area contributed by atoms with Gasteiger partial charge in [-0.3, -0.25) is 4.90 Å². The Morgan fingerprint density at radius 3 is 2.57 bits per heavy atom. The lowest BCUT2D eigenvalue weighted by molar-refractivity contribution is 0.127. The zero-order valence-corrected chi connectivity index (χ0v) is 23.0. The fraction of sp³-hybridized carbons (Fsp3) is 0.655. The van der Waals surface area contributed by atoms with Gasteiger partial charge in [0.05, 0.1) is 6.61 Å². The van der Waals surface area contributed by atoms with E-state index < -0.39 is 0 Å². The van der Waals surface area contributed by atoms with Crippen molar-refractivity contribution in [2.24, 2.45) is 5.92 Å². The molecule has 0 saturated carbocycles. The van der Waals surface area contributed by atoms with Gasteiger partial charge in [0.2, 0.25) is 5.95 Å². The maximum Gasteiger partial charge on any atom is 0.229 e. The third-order valence-electron chi connectivity index (χ3n) is 7.38. The molecule has 2 aromatic rings. The number of nitrogens with zero attached hydrogens (tertiary/aromatic N) is 4. The molecule has 2 aliphatic heterocycles. The molecular formula is C29H47N5O3. The van der Waals surface area contributed by atoms with Crippen molar-refractivity contribution in [3.8, 4) is 5.75 Å². The Balaban J connectivity index is 0.00000400. The lowest BCUT2D eigenvalue weighted by Crippen LogP contribution is -2.35. The molecule has 0 radical (unpaired) electrons. The summed E-state index contributed by atoms with van der Waals surface area (Å²) in [6.07, 6.45) is 8.03. The van der Waals surface area contributed by atoms with E-state index >= 15 is 0 Å². The minimum atomic E-state index is 0. The molecule has 4 rings (SSSR count). The van der Waals surface area contributed by atoms with Gasteiger partial charge in [-0.25, -0.2) is 4.98 Å². The third kappa shape index (κ3) is 8.28. The zero-order chi connectivity index (χ0) is 25.9. The fourth-order valence-corrected chi connectivity index (χ4v) is 5.18. The standard InChI is InChI=1S/C29H45N5O3.H2/c1-4-35-18-12-24-10-15-34(16-11-24)28-23(3)21-30-29(32-28)31-26-8-9-27(25(20-26)22-36-5-2)37-19-17-33-13-6-7-14-33;/h8-9,20-21,24H,4-7,10-19,22H2,1-3H3,(H,30,31,32);1H. The van der Waals surface area contributed by atoms with Crippen LogP contribution in [0.4, 0.5) is 17.5 Å². The molecule has 3 heterocycles. The van der Waals surface area contributed by atoms with E-state index in [-0.39, 0.29) is 1.43 Å². The van der Waals surface area contributed by atoms with Gasteiger partial charge in [0.1, 0.15) is 18.2 Å². The van der Waals surface area contributed by atoms with Crippen LogP contribution in [0.3, 0.4) is 0 Å². The van der Waals surface area contributed by atoms with Crippen LogP contribution >= 0.6 is 0 Å². The number of benzene rings is 1. The molecule has 2 saturated heterocycles. The fourth-order valence-electron chi connectivity index (χ4n) is 5.18. The predicted molar refractivity (Wildman–Crippen MR) is 151 cm³/mol. The van der Waals surface area contributed by atoms with E-state index in [1.165, 1.54) is 38.8 Å². The maximum absolute atomic E-state index is 6.16. The molecule has 37 heavy (non-hydrogen) atoms. The van der Waals surface area contributed by atoms with Gasteiger partial charge < -0.3 is 24.4 Å². The number of aryl methyl sites for hydroxylation is 1. The van der Waals surface area contributed by atoms with Crippen LogP contribution in [0, 0.1) is 12.8 Å². The second-order valence-electron chi connectivity index (χ2n) is 10.1. The number of aromatic nitrogens is 2. The largest absolute Gasteiger partial charge is 0.492 e. The SMILES string of the molecule is CCOCCC1CCN(c2nc(Nc3ccc(OCCN4CCCC4)c(COCC)c3)ncc2C)CC1.[HH]. The molecule has 0 spiro atoms. The number of hydrogen-bond donors (Lipinski definition) is 1. The van der Waals surface area contributed by atoms with Gasteiger partial charge in [0, 0.05) is 63.9 Å². The molecule has 0 aliphatic carbocycles. The van der Waals surface area contributed by atoms with E-state index in [1.807, 2.05) is 25.3 Å². The topological polar surface area (TPSA) is 72.0 Å². The highest BCUT2D eigenvalue weighted by Gasteiger charge is 2.22. The molecule has 8 nitrogen and oxygen atoms in total. The minimum Gasteiger partial charge on any atom is -0.492 e. The number of likely N-dealkylation sites (tertiary alicyclic amines) is 1. The Morgan fingerprint density at radius 2 is 1.81 bits per heavy atom. The Kier molecular flexibility index (Phi) is 10.8. The van der Waals surface area contributed by atoms with Crippen molar-refractivity contribution in [3.05, 3.63) is 35.5 Å². The van der Waals surface area contributed by atoms with Crippen LogP contribution in [0.2, 0.25) is 0 Å². The highest BCUT2D eigenvalue weighted by atomic mass is 16.5. The normalized spacial score (nSPS) is 16.9. The molecule has 0 bridgehead atoms. The van der Waals surface area contributed by atoms with E-state index in [0.29, 0.717) is 25.8 Å². The Labute approximate surface area is 224 Å². The highest BCUT2D eigenvalue weighted by Crippen LogP contribution is 2.29. The Morgan fingerprint density at radius 1 is 1.03 bits per heavy atom. The van der Waals surface area contributed by atoms with E-state index in [1.54, 1.807) is 0 Å². The second-order valence-corrected chi connectivity index (χ2v) is 10.1. The van der Waals surface area contributed by atoms with E-state index in [4.69, 9.17) is 19.2 Å². The van der Waals surface area contributed by atoms with Crippen molar-refractivity contribution >= 4 is 17.5 Å². The van der Waals surface area contributed by atoms with Gasteiger partial charge in [0.25, 0.3) is 0 Å². The second kappa shape index (κ2) is 14.5. The average Bonchev–Trinajstić information content (AvgIpc) is 3.44. The first-order valence-electron chi connectivity index (χ1n) is 14.2. The first-order valence-corrected chi connectivity index (χ1v) is 14.2. The lowest BCUT2D eigenvalue weighted by atomic mass is 9.94. The molecule has 2 fully saturated rings. The Hall–Kier alpha value is -2.42. The number of hydrogen-bond acceptors (Lipinski definition) is 8. The molecule has 1 aromatic heterocycles. The van der Waals surface area contributed by atoms with Crippen LogP contribution in [0.15, 0.2) is 24.4 Å². The summed E-state index contributed by atoms with van der Waals surface area (Å²) < 4.78 is 17.5. The van der Waals surface area contributed by atoms with Crippen LogP contribution in [-0.4, -0.2) is 74.0 Å². The molecule has 1 N–H and O–H groups in total. The maximum atomic E-state index is 6.16. The summed E-state index contributed by atoms with van der Waals surface area (Å²) in [6, 6.07) is 6.16. The van der Waals surface area contributed by atoms with Gasteiger partial charge in [-0.15, -0.1) is 0 Å². The molecule has 1 aromatic carbocycles. The van der Waals surface area contributed by atoms with Crippen molar-refractivity contribution in [2.45, 2.75) is 59.5 Å². The summed E-state index contributed by atoms with van der Waals surface area (Å²) in [4.78, 5) is 14.3. The van der Waals surface area contributed by atoms with Crippen LogP contribution < -0.4 is 15.0 Å². The summed E-state index contributed by atoms with van der Waals surface area (Å²) >= 11 is 0. The molecule has 0 amide bonds. The van der Waals surface area contributed by atoms with Gasteiger partial charge in [-0.2, -0.15) is 4.98 Å². The van der Waals surface area contributed by atoms with Gasteiger partial charge >= 0.3 is 0 Å². The van der Waals surface area contributed by atoms with E-state index in [2.05, 4.69) is 40.0 Å². The highest BCUT2D eigenvalue weighted by molar-refractivity contribution is 5.59. The number of piperidine rings is 1. The molecule has 206 valence electrons. The van der Waals surface area contributed by atoms with Crippen LogP contribution in [0.5, 0.6) is 5.75 Å². The number of nitrogens with one attached hydrogen (secondary N) is 1. The van der Waals surface area contributed by atoms with Crippen LogP contribution in [-0.2, 0) is 16.1 Å². The molecular weight excluding hydrogens is 466 g/mol. The monoisotopic (exact) mass is 513 g/mol. The summed E-state index contributed by atoms with van der Waals surface area (Å²) in [5, 5.41) is 3.41. The van der Waals surface area contributed by atoms with Gasteiger partial charge in [0.15, 0.2) is 0 Å². The lowest BCUT2D eigenvalue weighted by Gasteiger charge is -2.33. The average molecular weight is 514 g/mol. The van der Waals surface area contributed by atoms with Crippen molar-refractivity contribution in [1.29, 1.82) is 0 Å². The quantitative estimate of drug-likeness (QED) is 0.335. The predicted octanol–water partition coefficient (Wildman–Crippen LogP) is 5.43.